The summed E-state index contributed by atoms with van der Waals surface area (Å²) in [6.45, 7) is 4.12. The maximum absolute atomic E-state index is 12.5. The molecule has 1 rings (SSSR count). The summed E-state index contributed by atoms with van der Waals surface area (Å²) in [5, 5.41) is 2.85. The molecule has 5 heteroatoms. The number of aromatic nitrogens is 2. The monoisotopic (exact) mass is 231 g/mol. The fraction of sp³-hybridized carbons (Fsp3) is 0.143. The third-order valence-corrected chi connectivity index (χ3v) is 1.38. The maximum atomic E-state index is 12.5. The normalized spacial score (nSPS) is 9.50. The number of nitrogens with zero attached hydrogens (tertiary/aromatic N) is 2. The van der Waals surface area contributed by atoms with Gasteiger partial charge in [0, 0.05) is 17.1 Å². The van der Waals surface area contributed by atoms with Crippen molar-refractivity contribution in [1.29, 1.82) is 0 Å². The number of anilines is 1. The van der Waals surface area contributed by atoms with Gasteiger partial charge in [-0.1, -0.05) is 22.5 Å². The highest BCUT2D eigenvalue weighted by Gasteiger charge is 1.95. The van der Waals surface area contributed by atoms with Crippen molar-refractivity contribution in [2.45, 2.75) is 0 Å². The molecule has 0 aliphatic heterocycles. The van der Waals surface area contributed by atoms with Crippen molar-refractivity contribution in [1.82, 2.24) is 9.97 Å². The molecule has 0 saturated heterocycles. The van der Waals surface area contributed by atoms with Crippen LogP contribution in [-0.4, -0.2) is 16.5 Å². The van der Waals surface area contributed by atoms with Crippen molar-refractivity contribution in [2.24, 2.45) is 0 Å². The third kappa shape index (κ3) is 2.96. The van der Waals surface area contributed by atoms with E-state index in [0.717, 1.165) is 10.8 Å². The first-order chi connectivity index (χ1) is 5.68. The summed E-state index contributed by atoms with van der Waals surface area (Å²) in [7, 11) is 0. The highest BCUT2D eigenvalue weighted by Crippen LogP contribution is 2.05. The first kappa shape index (κ1) is 9.12. The number of nitrogens with one attached hydrogen (secondary N) is 1. The minimum atomic E-state index is -0.548. The lowest BCUT2D eigenvalue weighted by Gasteiger charge is -2.02. The van der Waals surface area contributed by atoms with Crippen LogP contribution in [0.4, 0.5) is 10.2 Å². The van der Waals surface area contributed by atoms with E-state index >= 15 is 0 Å². The first-order valence-electron chi connectivity index (χ1n) is 3.23. The molecule has 1 N–H and O–H groups in total. The van der Waals surface area contributed by atoms with Gasteiger partial charge in [-0.15, -0.1) is 0 Å². The molecule has 12 heavy (non-hydrogen) atoms. The van der Waals surface area contributed by atoms with Crippen molar-refractivity contribution < 1.29 is 4.39 Å². The van der Waals surface area contributed by atoms with Crippen molar-refractivity contribution in [3.8, 4) is 0 Å². The average molecular weight is 232 g/mol. The Labute approximate surface area is 77.9 Å². The van der Waals surface area contributed by atoms with E-state index in [4.69, 9.17) is 0 Å². The predicted molar refractivity (Wildman–Crippen MR) is 48.5 cm³/mol. The highest BCUT2D eigenvalue weighted by atomic mass is 79.9. The maximum Gasteiger partial charge on any atom is 0.217 e. The quantitative estimate of drug-likeness (QED) is 0.809. The van der Waals surface area contributed by atoms with Gasteiger partial charge in [0.1, 0.15) is 12.1 Å². The Hall–Kier alpha value is -0.970. The van der Waals surface area contributed by atoms with Crippen LogP contribution in [0.3, 0.4) is 0 Å². The smallest absolute Gasteiger partial charge is 0.217 e. The van der Waals surface area contributed by atoms with Crippen LogP contribution in [0.1, 0.15) is 0 Å². The van der Waals surface area contributed by atoms with Crippen LogP contribution in [0.2, 0.25) is 0 Å². The van der Waals surface area contributed by atoms with Crippen LogP contribution in [0.5, 0.6) is 0 Å². The molecule has 0 amide bonds. The summed E-state index contributed by atoms with van der Waals surface area (Å²) < 4.78 is 13.2. The number of hydrogen-bond donors (Lipinski definition) is 1. The zero-order chi connectivity index (χ0) is 8.97. The van der Waals surface area contributed by atoms with Gasteiger partial charge in [-0.3, -0.25) is 0 Å². The molecule has 0 unspecified atom stereocenters. The van der Waals surface area contributed by atoms with Crippen LogP contribution in [-0.2, 0) is 0 Å². The molecule has 0 radical (unpaired) electrons. The molecule has 0 saturated carbocycles. The Kier molecular flexibility index (Phi) is 3.16. The fourth-order valence-electron chi connectivity index (χ4n) is 0.617. The second-order valence-electron chi connectivity index (χ2n) is 2.10. The molecule has 64 valence electrons. The average Bonchev–Trinajstić information content (AvgIpc) is 2.01. The zero-order valence-electron chi connectivity index (χ0n) is 6.22. The molecule has 0 aliphatic rings. The largest absolute Gasteiger partial charge is 0.365 e. The lowest BCUT2D eigenvalue weighted by molar-refractivity contribution is 0.580. The number of rotatable bonds is 3. The van der Waals surface area contributed by atoms with Crippen LogP contribution in [0, 0.1) is 5.95 Å². The lowest BCUT2D eigenvalue weighted by Crippen LogP contribution is -2.03. The van der Waals surface area contributed by atoms with Crippen LogP contribution in [0.15, 0.2) is 23.5 Å². The second-order valence-corrected chi connectivity index (χ2v) is 3.22. The van der Waals surface area contributed by atoms with Crippen LogP contribution >= 0.6 is 15.9 Å². The highest BCUT2D eigenvalue weighted by molar-refractivity contribution is 9.11. The van der Waals surface area contributed by atoms with Gasteiger partial charge < -0.3 is 5.32 Å². The van der Waals surface area contributed by atoms with Gasteiger partial charge in [-0.2, -0.15) is 4.39 Å². The molecular formula is C7H7BrFN3. The standard InChI is InChI=1S/C7H7BrFN3/c1-5(8)3-10-7-2-6(9)11-4-12-7/h2,4H,1,3H2,(H,10,11,12). The van der Waals surface area contributed by atoms with E-state index in [1.807, 2.05) is 0 Å². The van der Waals surface area contributed by atoms with Gasteiger partial charge in [0.25, 0.3) is 0 Å². The minimum absolute atomic E-state index is 0.447. The van der Waals surface area contributed by atoms with E-state index in [0.29, 0.717) is 12.4 Å². The first-order valence-corrected chi connectivity index (χ1v) is 4.02. The summed E-state index contributed by atoms with van der Waals surface area (Å²) in [6.07, 6.45) is 1.16. The molecular weight excluding hydrogens is 225 g/mol. The van der Waals surface area contributed by atoms with E-state index in [-0.39, 0.29) is 0 Å². The molecule has 0 bridgehead atoms. The topological polar surface area (TPSA) is 37.8 Å². The van der Waals surface area contributed by atoms with Gasteiger partial charge in [-0.05, 0) is 0 Å². The molecule has 0 atom stereocenters. The van der Waals surface area contributed by atoms with Gasteiger partial charge in [0.2, 0.25) is 5.95 Å². The second kappa shape index (κ2) is 4.15. The summed E-state index contributed by atoms with van der Waals surface area (Å²) >= 11 is 3.16. The van der Waals surface area contributed by atoms with E-state index in [2.05, 4.69) is 37.8 Å². The third-order valence-electron chi connectivity index (χ3n) is 1.10. The summed E-state index contributed by atoms with van der Waals surface area (Å²) in [5.41, 5.74) is 0. The molecule has 0 aromatic carbocycles. The van der Waals surface area contributed by atoms with Gasteiger partial charge in [0.15, 0.2) is 0 Å². The van der Waals surface area contributed by atoms with E-state index in [1.165, 1.54) is 6.07 Å². The Morgan fingerprint density at radius 1 is 1.67 bits per heavy atom. The van der Waals surface area contributed by atoms with Gasteiger partial charge >= 0.3 is 0 Å². The molecule has 0 aliphatic carbocycles. The number of halogens is 2. The predicted octanol–water partition coefficient (Wildman–Crippen LogP) is 1.94. The fourth-order valence-corrected chi connectivity index (χ4v) is 0.757. The van der Waals surface area contributed by atoms with Gasteiger partial charge in [0.05, 0.1) is 0 Å². The summed E-state index contributed by atoms with van der Waals surface area (Å²) in [6, 6.07) is 1.22. The summed E-state index contributed by atoms with van der Waals surface area (Å²) in [4.78, 5) is 7.10. The zero-order valence-corrected chi connectivity index (χ0v) is 7.81. The van der Waals surface area contributed by atoms with E-state index in [9.17, 15) is 4.39 Å². The molecule has 1 aromatic rings. The van der Waals surface area contributed by atoms with Gasteiger partial charge in [-0.25, -0.2) is 9.97 Å². The van der Waals surface area contributed by atoms with Crippen molar-refractivity contribution in [2.75, 3.05) is 11.9 Å². The Morgan fingerprint density at radius 3 is 3.00 bits per heavy atom. The Balaban J connectivity index is 2.57. The summed E-state index contributed by atoms with van der Waals surface area (Å²) in [5.74, 6) is -0.101. The minimum Gasteiger partial charge on any atom is -0.365 e. The van der Waals surface area contributed by atoms with Crippen molar-refractivity contribution >= 4 is 21.7 Å². The molecule has 0 fully saturated rings. The van der Waals surface area contributed by atoms with Crippen LogP contribution in [0.25, 0.3) is 0 Å². The molecule has 0 spiro atoms. The Bertz CT molecular complexity index is 290. The molecule has 3 nitrogen and oxygen atoms in total. The molecule has 1 aromatic heterocycles. The van der Waals surface area contributed by atoms with E-state index in [1.54, 1.807) is 0 Å². The van der Waals surface area contributed by atoms with Crippen LogP contribution < -0.4 is 5.32 Å². The number of hydrogen-bond acceptors (Lipinski definition) is 3. The molecule has 1 heterocycles. The van der Waals surface area contributed by atoms with Crippen molar-refractivity contribution in [3.05, 3.63) is 29.4 Å². The van der Waals surface area contributed by atoms with E-state index < -0.39 is 5.95 Å². The SMILES string of the molecule is C=C(Br)CNc1cc(F)ncn1. The lowest BCUT2D eigenvalue weighted by atomic mass is 10.5. The Morgan fingerprint density at radius 2 is 2.42 bits per heavy atom. The van der Waals surface area contributed by atoms with Crippen molar-refractivity contribution in [3.63, 3.8) is 0 Å².